The molecule has 0 saturated carbocycles. The van der Waals surface area contributed by atoms with Crippen molar-refractivity contribution in [3.8, 4) is 0 Å². The van der Waals surface area contributed by atoms with Gasteiger partial charge >= 0.3 is 0 Å². The van der Waals surface area contributed by atoms with Gasteiger partial charge in [0.05, 0.1) is 0 Å². The van der Waals surface area contributed by atoms with E-state index in [0.717, 1.165) is 11.3 Å². The Balaban J connectivity index is 2.93. The predicted molar refractivity (Wildman–Crippen MR) is 30.1 cm³/mol. The van der Waals surface area contributed by atoms with Gasteiger partial charge in [-0.2, -0.15) is 0 Å². The molecule has 1 aromatic heterocycles. The predicted octanol–water partition coefficient (Wildman–Crippen LogP) is 0.917. The molecule has 0 spiro atoms. The summed E-state index contributed by atoms with van der Waals surface area (Å²) in [4.78, 5) is 10.2. The third-order valence-corrected chi connectivity index (χ3v) is 1.51. The SMILES string of the molecule is O=C(Cl)c1nncs1. The Bertz CT molecular complexity index is 185. The number of carbonyl (C=O) groups is 1. The lowest BCUT2D eigenvalue weighted by atomic mass is 10.8. The molecule has 5 heteroatoms. The second-order valence-electron chi connectivity index (χ2n) is 1.02. The molecule has 0 atom stereocenters. The van der Waals surface area contributed by atoms with E-state index < -0.39 is 5.24 Å². The minimum absolute atomic E-state index is 0.242. The second kappa shape index (κ2) is 2.19. The monoisotopic (exact) mass is 148 g/mol. The van der Waals surface area contributed by atoms with Gasteiger partial charge < -0.3 is 0 Å². The van der Waals surface area contributed by atoms with Crippen LogP contribution in [0.5, 0.6) is 0 Å². The van der Waals surface area contributed by atoms with Crippen LogP contribution in [0.4, 0.5) is 0 Å². The molecule has 0 amide bonds. The fourth-order valence-electron chi connectivity index (χ4n) is 0.259. The smallest absolute Gasteiger partial charge is 0.273 e. The van der Waals surface area contributed by atoms with E-state index in [0.29, 0.717) is 0 Å². The van der Waals surface area contributed by atoms with Crippen molar-refractivity contribution >= 4 is 28.2 Å². The minimum atomic E-state index is -0.549. The topological polar surface area (TPSA) is 42.9 Å². The van der Waals surface area contributed by atoms with Gasteiger partial charge in [0.1, 0.15) is 5.51 Å². The summed E-state index contributed by atoms with van der Waals surface area (Å²) in [6, 6.07) is 0. The highest BCUT2D eigenvalue weighted by molar-refractivity contribution is 7.13. The molecule has 3 nitrogen and oxygen atoms in total. The number of aromatic nitrogens is 2. The normalized spacial score (nSPS) is 9.12. The summed E-state index contributed by atoms with van der Waals surface area (Å²) in [5.41, 5.74) is 1.45. The van der Waals surface area contributed by atoms with Crippen LogP contribution in [-0.2, 0) is 0 Å². The molecular weight excluding hydrogens is 148 g/mol. The first-order valence-corrected chi connectivity index (χ1v) is 3.02. The van der Waals surface area contributed by atoms with E-state index in [9.17, 15) is 4.79 Å². The van der Waals surface area contributed by atoms with Gasteiger partial charge in [0.25, 0.3) is 5.24 Å². The molecule has 0 N–H and O–H groups in total. The summed E-state index contributed by atoms with van der Waals surface area (Å²) in [5, 5.41) is 6.50. The number of rotatable bonds is 1. The highest BCUT2D eigenvalue weighted by Gasteiger charge is 2.02. The van der Waals surface area contributed by atoms with Crippen molar-refractivity contribution < 1.29 is 4.79 Å². The average molecular weight is 149 g/mol. The van der Waals surface area contributed by atoms with Gasteiger partial charge in [0, 0.05) is 0 Å². The summed E-state index contributed by atoms with van der Waals surface area (Å²) in [6.45, 7) is 0. The third kappa shape index (κ3) is 1.02. The number of nitrogens with zero attached hydrogens (tertiary/aromatic N) is 2. The van der Waals surface area contributed by atoms with E-state index in [2.05, 4.69) is 10.2 Å². The number of halogens is 1. The quantitative estimate of drug-likeness (QED) is 0.557. The molecule has 0 unspecified atom stereocenters. The number of hydrogen-bond donors (Lipinski definition) is 0. The van der Waals surface area contributed by atoms with E-state index in [1.165, 1.54) is 5.51 Å². The van der Waals surface area contributed by atoms with Crippen molar-refractivity contribution in [3.05, 3.63) is 10.5 Å². The van der Waals surface area contributed by atoms with Gasteiger partial charge in [-0.15, -0.1) is 10.2 Å². The molecule has 0 fully saturated rings. The van der Waals surface area contributed by atoms with Crippen LogP contribution >= 0.6 is 22.9 Å². The molecule has 0 radical (unpaired) electrons. The number of carbonyl (C=O) groups excluding carboxylic acids is 1. The van der Waals surface area contributed by atoms with Gasteiger partial charge in [-0.1, -0.05) is 11.3 Å². The Hall–Kier alpha value is -0.480. The van der Waals surface area contributed by atoms with Crippen LogP contribution in [0.1, 0.15) is 9.80 Å². The Morgan fingerprint density at radius 2 is 2.62 bits per heavy atom. The summed E-state index contributed by atoms with van der Waals surface area (Å²) in [5.74, 6) is 0. The van der Waals surface area contributed by atoms with E-state index >= 15 is 0 Å². The van der Waals surface area contributed by atoms with Crippen molar-refractivity contribution in [1.82, 2.24) is 10.2 Å². The lowest BCUT2D eigenvalue weighted by molar-refractivity contribution is 0.108. The first-order chi connectivity index (χ1) is 3.80. The van der Waals surface area contributed by atoms with Crippen LogP contribution in [0, 0.1) is 0 Å². The van der Waals surface area contributed by atoms with Crippen LogP contribution in [0.3, 0.4) is 0 Å². The minimum Gasteiger partial charge on any atom is -0.273 e. The Labute approximate surface area is 54.3 Å². The van der Waals surface area contributed by atoms with Crippen LogP contribution in [0.15, 0.2) is 5.51 Å². The number of hydrogen-bond acceptors (Lipinski definition) is 4. The van der Waals surface area contributed by atoms with Gasteiger partial charge in [-0.3, -0.25) is 4.79 Å². The molecule has 0 saturated heterocycles. The van der Waals surface area contributed by atoms with Gasteiger partial charge in [-0.05, 0) is 11.6 Å². The highest BCUT2D eigenvalue weighted by atomic mass is 35.5. The first-order valence-electron chi connectivity index (χ1n) is 1.76. The molecule has 42 valence electrons. The molecule has 1 heterocycles. The largest absolute Gasteiger partial charge is 0.283 e. The maximum absolute atomic E-state index is 10.2. The van der Waals surface area contributed by atoms with Crippen LogP contribution in [-0.4, -0.2) is 15.4 Å². The first kappa shape index (κ1) is 5.65. The maximum Gasteiger partial charge on any atom is 0.283 e. The molecule has 1 aromatic rings. The molecule has 0 aliphatic heterocycles. The van der Waals surface area contributed by atoms with Crippen molar-refractivity contribution in [1.29, 1.82) is 0 Å². The summed E-state index contributed by atoms with van der Waals surface area (Å²) < 4.78 is 0. The summed E-state index contributed by atoms with van der Waals surface area (Å²) >= 11 is 6.14. The second-order valence-corrected chi connectivity index (χ2v) is 2.19. The van der Waals surface area contributed by atoms with Crippen LogP contribution < -0.4 is 0 Å². The Morgan fingerprint density at radius 1 is 1.88 bits per heavy atom. The van der Waals surface area contributed by atoms with Gasteiger partial charge in [-0.25, -0.2) is 0 Å². The van der Waals surface area contributed by atoms with Crippen LogP contribution in [0.2, 0.25) is 0 Å². The summed E-state index contributed by atoms with van der Waals surface area (Å²) in [6.07, 6.45) is 0. The summed E-state index contributed by atoms with van der Waals surface area (Å²) in [7, 11) is 0. The van der Waals surface area contributed by atoms with E-state index in [-0.39, 0.29) is 5.01 Å². The molecule has 0 aliphatic rings. The highest BCUT2D eigenvalue weighted by Crippen LogP contribution is 2.03. The molecule has 1 rings (SSSR count). The fourth-order valence-corrected chi connectivity index (χ4v) is 0.811. The Morgan fingerprint density at radius 3 is 2.88 bits per heavy atom. The van der Waals surface area contributed by atoms with Gasteiger partial charge in [0.15, 0.2) is 5.01 Å². The van der Waals surface area contributed by atoms with Crippen LogP contribution in [0.25, 0.3) is 0 Å². The molecule has 0 aliphatic carbocycles. The average Bonchev–Trinajstić information content (AvgIpc) is 2.12. The lowest BCUT2D eigenvalue weighted by Crippen LogP contribution is -1.84. The van der Waals surface area contributed by atoms with E-state index in [4.69, 9.17) is 11.6 Å². The van der Waals surface area contributed by atoms with Crippen molar-refractivity contribution in [2.45, 2.75) is 0 Å². The fraction of sp³-hybridized carbons (Fsp3) is 0. The molecule has 0 aromatic carbocycles. The van der Waals surface area contributed by atoms with E-state index in [1.807, 2.05) is 0 Å². The zero-order chi connectivity index (χ0) is 5.98. The zero-order valence-corrected chi connectivity index (χ0v) is 5.24. The molecular formula is C3HClN2OS. The third-order valence-electron chi connectivity index (χ3n) is 0.528. The standard InChI is InChI=1S/C3HClN2OS/c4-2(7)3-6-5-1-8-3/h1H. The van der Waals surface area contributed by atoms with Crippen molar-refractivity contribution in [2.75, 3.05) is 0 Å². The maximum atomic E-state index is 10.2. The zero-order valence-electron chi connectivity index (χ0n) is 3.67. The molecule has 0 bridgehead atoms. The van der Waals surface area contributed by atoms with Crippen molar-refractivity contribution in [3.63, 3.8) is 0 Å². The molecule has 8 heavy (non-hydrogen) atoms. The lowest BCUT2D eigenvalue weighted by Gasteiger charge is -1.73. The van der Waals surface area contributed by atoms with E-state index in [1.54, 1.807) is 0 Å². The van der Waals surface area contributed by atoms with Gasteiger partial charge in [0.2, 0.25) is 0 Å². The Kier molecular flexibility index (Phi) is 1.55. The van der Waals surface area contributed by atoms with Crippen molar-refractivity contribution in [2.24, 2.45) is 0 Å².